The van der Waals surface area contributed by atoms with Crippen LogP contribution in [-0.2, 0) is 6.42 Å². The van der Waals surface area contributed by atoms with Gasteiger partial charge in [-0.05, 0) is 35.4 Å². The molecule has 1 aliphatic rings. The Morgan fingerprint density at radius 2 is 1.83 bits per heavy atom. The van der Waals surface area contributed by atoms with Gasteiger partial charge < -0.3 is 4.98 Å². The van der Waals surface area contributed by atoms with E-state index in [1.165, 1.54) is 18.2 Å². The lowest BCUT2D eigenvalue weighted by Gasteiger charge is -2.09. The van der Waals surface area contributed by atoms with Crippen LogP contribution in [0.15, 0.2) is 47.5 Å². The Balaban J connectivity index is 2.07. The Hall–Kier alpha value is -2.63. The number of benzene rings is 2. The van der Waals surface area contributed by atoms with Crippen molar-refractivity contribution in [2.75, 3.05) is 0 Å². The van der Waals surface area contributed by atoms with Gasteiger partial charge in [0.05, 0.1) is 11.4 Å². The summed E-state index contributed by atoms with van der Waals surface area (Å²) in [6.45, 7) is 0. The SMILES string of the molecule is Fc1ccc2c3c([nH]c2c1)C(C(F)(F)F)=Nc1ccccc1C3. The Kier molecular flexibility index (Phi) is 2.85. The fourth-order valence-corrected chi connectivity index (χ4v) is 2.95. The molecule has 2 nitrogen and oxygen atoms in total. The summed E-state index contributed by atoms with van der Waals surface area (Å²) in [5.74, 6) is -0.500. The lowest BCUT2D eigenvalue weighted by molar-refractivity contribution is -0.0581. The Bertz CT molecular complexity index is 951. The molecular weight excluding hydrogens is 308 g/mol. The van der Waals surface area contributed by atoms with Crippen molar-refractivity contribution < 1.29 is 17.6 Å². The first kappa shape index (κ1) is 14.0. The zero-order chi connectivity index (χ0) is 16.2. The molecule has 6 heteroatoms. The lowest BCUT2D eigenvalue weighted by atomic mass is 10.0. The molecule has 23 heavy (non-hydrogen) atoms. The first-order valence-electron chi connectivity index (χ1n) is 6.98. The van der Waals surface area contributed by atoms with Crippen LogP contribution >= 0.6 is 0 Å². The molecule has 0 aliphatic carbocycles. The molecule has 0 saturated carbocycles. The van der Waals surface area contributed by atoms with E-state index in [-0.39, 0.29) is 5.69 Å². The molecule has 2 heterocycles. The number of fused-ring (bicyclic) bond motifs is 4. The van der Waals surface area contributed by atoms with Crippen LogP contribution in [0.5, 0.6) is 0 Å². The average Bonchev–Trinajstić information content (AvgIpc) is 2.72. The Morgan fingerprint density at radius 1 is 1.04 bits per heavy atom. The predicted molar refractivity (Wildman–Crippen MR) is 79.8 cm³/mol. The molecule has 1 N–H and O–H groups in total. The number of para-hydroxylation sites is 1. The normalized spacial score (nSPS) is 14.2. The van der Waals surface area contributed by atoms with Crippen molar-refractivity contribution in [3.63, 3.8) is 0 Å². The highest BCUT2D eigenvalue weighted by molar-refractivity contribution is 6.10. The maximum atomic E-state index is 13.5. The van der Waals surface area contributed by atoms with Crippen molar-refractivity contribution in [3.8, 4) is 0 Å². The van der Waals surface area contributed by atoms with Gasteiger partial charge in [-0.3, -0.25) is 0 Å². The number of H-pyrrole nitrogens is 1. The molecule has 0 amide bonds. The van der Waals surface area contributed by atoms with E-state index in [0.717, 1.165) is 0 Å². The van der Waals surface area contributed by atoms with Gasteiger partial charge in [-0.2, -0.15) is 13.2 Å². The van der Waals surface area contributed by atoms with Gasteiger partial charge in [-0.15, -0.1) is 0 Å². The predicted octanol–water partition coefficient (Wildman–Crippen LogP) is 4.89. The van der Waals surface area contributed by atoms with Crippen LogP contribution in [0.3, 0.4) is 0 Å². The maximum Gasteiger partial charge on any atom is 0.435 e. The minimum absolute atomic E-state index is 0.0886. The first-order valence-corrected chi connectivity index (χ1v) is 6.98. The highest BCUT2D eigenvalue weighted by Crippen LogP contribution is 2.37. The van der Waals surface area contributed by atoms with Crippen molar-refractivity contribution in [1.82, 2.24) is 4.98 Å². The van der Waals surface area contributed by atoms with E-state index in [0.29, 0.717) is 34.1 Å². The standard InChI is InChI=1S/C17H10F4N2/c18-10-5-6-11-12-7-9-3-1-2-4-13(9)23-16(17(19,20)21)15(12)22-14(11)8-10/h1-6,8,22H,7H2. The molecule has 0 saturated heterocycles. The number of rotatable bonds is 0. The van der Waals surface area contributed by atoms with Gasteiger partial charge in [0.2, 0.25) is 0 Å². The van der Waals surface area contributed by atoms with Crippen LogP contribution in [0.25, 0.3) is 10.9 Å². The number of alkyl halides is 3. The number of hydrogen-bond donors (Lipinski definition) is 1. The van der Waals surface area contributed by atoms with Gasteiger partial charge in [0, 0.05) is 17.3 Å². The summed E-state index contributed by atoms with van der Waals surface area (Å²) in [7, 11) is 0. The van der Waals surface area contributed by atoms with Crippen molar-refractivity contribution in [3.05, 3.63) is 65.1 Å². The van der Waals surface area contributed by atoms with Crippen LogP contribution in [0, 0.1) is 5.82 Å². The van der Waals surface area contributed by atoms with Crippen LogP contribution in [0.1, 0.15) is 16.8 Å². The second kappa shape index (κ2) is 4.68. The molecule has 0 spiro atoms. The summed E-state index contributed by atoms with van der Waals surface area (Å²) < 4.78 is 53.8. The van der Waals surface area contributed by atoms with Gasteiger partial charge in [0.25, 0.3) is 0 Å². The van der Waals surface area contributed by atoms with Crippen LogP contribution < -0.4 is 0 Å². The minimum atomic E-state index is -4.61. The molecule has 4 rings (SSSR count). The van der Waals surface area contributed by atoms with Gasteiger partial charge >= 0.3 is 6.18 Å². The fourth-order valence-electron chi connectivity index (χ4n) is 2.95. The summed E-state index contributed by atoms with van der Waals surface area (Å²) in [6.07, 6.45) is -4.30. The summed E-state index contributed by atoms with van der Waals surface area (Å²) in [4.78, 5) is 6.53. The Labute approximate surface area is 128 Å². The van der Waals surface area contributed by atoms with E-state index in [4.69, 9.17) is 0 Å². The number of aromatic nitrogens is 1. The number of nitrogens with one attached hydrogen (secondary N) is 1. The molecule has 0 radical (unpaired) electrons. The van der Waals surface area contributed by atoms with E-state index in [2.05, 4.69) is 9.98 Å². The summed E-state index contributed by atoms with van der Waals surface area (Å²) in [5, 5.41) is 0.579. The molecule has 0 fully saturated rings. The second-order valence-electron chi connectivity index (χ2n) is 5.43. The third kappa shape index (κ3) is 2.21. The van der Waals surface area contributed by atoms with E-state index < -0.39 is 17.7 Å². The van der Waals surface area contributed by atoms with Crippen molar-refractivity contribution in [2.24, 2.45) is 4.99 Å². The molecule has 0 unspecified atom stereocenters. The van der Waals surface area contributed by atoms with Crippen LogP contribution in [-0.4, -0.2) is 16.9 Å². The van der Waals surface area contributed by atoms with Crippen LogP contribution in [0.2, 0.25) is 0 Å². The van der Waals surface area contributed by atoms with Gasteiger partial charge in [-0.1, -0.05) is 18.2 Å². The molecule has 0 atom stereocenters. The summed E-state index contributed by atoms with van der Waals surface area (Å²) >= 11 is 0. The monoisotopic (exact) mass is 318 g/mol. The number of halogens is 4. The number of nitrogens with zero attached hydrogens (tertiary/aromatic N) is 1. The molecule has 0 bridgehead atoms. The third-order valence-electron chi connectivity index (χ3n) is 3.96. The van der Waals surface area contributed by atoms with Gasteiger partial charge in [0.1, 0.15) is 5.82 Å². The number of hydrogen-bond acceptors (Lipinski definition) is 1. The largest absolute Gasteiger partial charge is 0.435 e. The summed E-state index contributed by atoms with van der Waals surface area (Å²) in [5.41, 5.74) is 0.772. The average molecular weight is 318 g/mol. The van der Waals surface area contributed by atoms with E-state index in [9.17, 15) is 17.6 Å². The summed E-state index contributed by atoms with van der Waals surface area (Å²) in [6, 6.07) is 10.7. The fraction of sp³-hybridized carbons (Fsp3) is 0.118. The third-order valence-corrected chi connectivity index (χ3v) is 3.96. The maximum absolute atomic E-state index is 13.5. The zero-order valence-corrected chi connectivity index (χ0v) is 11.7. The molecule has 3 aromatic rings. The van der Waals surface area contributed by atoms with E-state index in [1.807, 2.05) is 0 Å². The topological polar surface area (TPSA) is 28.1 Å². The zero-order valence-electron chi connectivity index (χ0n) is 11.7. The minimum Gasteiger partial charge on any atom is -0.353 e. The second-order valence-corrected chi connectivity index (χ2v) is 5.43. The molecular formula is C17H10F4N2. The van der Waals surface area contributed by atoms with Gasteiger partial charge in [0.15, 0.2) is 5.71 Å². The van der Waals surface area contributed by atoms with E-state index >= 15 is 0 Å². The first-order chi connectivity index (χ1) is 10.9. The molecule has 1 aliphatic heterocycles. The van der Waals surface area contributed by atoms with Crippen molar-refractivity contribution in [1.29, 1.82) is 0 Å². The molecule has 116 valence electrons. The van der Waals surface area contributed by atoms with Crippen molar-refractivity contribution in [2.45, 2.75) is 12.6 Å². The molecule has 2 aromatic carbocycles. The highest BCUT2D eigenvalue weighted by Gasteiger charge is 2.40. The number of aromatic amines is 1. The van der Waals surface area contributed by atoms with Gasteiger partial charge in [-0.25, -0.2) is 9.38 Å². The van der Waals surface area contributed by atoms with Crippen LogP contribution in [0.4, 0.5) is 23.2 Å². The lowest BCUT2D eigenvalue weighted by Crippen LogP contribution is -2.24. The Morgan fingerprint density at radius 3 is 2.61 bits per heavy atom. The smallest absolute Gasteiger partial charge is 0.353 e. The molecule has 1 aromatic heterocycles. The van der Waals surface area contributed by atoms with Crippen molar-refractivity contribution >= 4 is 22.3 Å². The number of aliphatic imine (C=N–C) groups is 1. The quantitative estimate of drug-likeness (QED) is 0.571. The highest BCUT2D eigenvalue weighted by atomic mass is 19.4. The van der Waals surface area contributed by atoms with E-state index in [1.54, 1.807) is 24.3 Å².